The fourth-order valence-electron chi connectivity index (χ4n) is 6.94. The Balaban J connectivity index is 1.22. The highest BCUT2D eigenvalue weighted by atomic mass is 19.1. The molecule has 0 radical (unpaired) electrons. The number of halogens is 1. The molecule has 224 valence electrons. The van der Waals surface area contributed by atoms with E-state index >= 15 is 0 Å². The molecule has 0 bridgehead atoms. The van der Waals surface area contributed by atoms with E-state index in [2.05, 4.69) is 15.4 Å². The number of likely N-dealkylation sites (tertiary alicyclic amines) is 1. The van der Waals surface area contributed by atoms with Crippen LogP contribution in [0.3, 0.4) is 0 Å². The van der Waals surface area contributed by atoms with Gasteiger partial charge in [0.2, 0.25) is 5.91 Å². The Morgan fingerprint density at radius 2 is 1.79 bits per heavy atom. The van der Waals surface area contributed by atoms with Crippen LogP contribution in [-0.4, -0.2) is 50.6 Å². The Morgan fingerprint density at radius 3 is 2.51 bits per heavy atom. The van der Waals surface area contributed by atoms with Gasteiger partial charge in [0.25, 0.3) is 5.91 Å². The smallest absolute Gasteiger partial charge is 0.287 e. The Labute approximate surface area is 249 Å². The molecule has 0 spiro atoms. The molecule has 0 unspecified atom stereocenters. The largest absolute Gasteiger partial charge is 0.451 e. The highest BCUT2D eigenvalue weighted by Crippen LogP contribution is 2.47. The second kappa shape index (κ2) is 12.5. The van der Waals surface area contributed by atoms with Gasteiger partial charge in [0.15, 0.2) is 11.2 Å². The van der Waals surface area contributed by atoms with E-state index in [1.165, 1.54) is 44.2 Å². The van der Waals surface area contributed by atoms with Crippen molar-refractivity contribution in [1.29, 1.82) is 0 Å². The minimum atomic E-state index is -0.924. The van der Waals surface area contributed by atoms with Crippen molar-refractivity contribution in [1.82, 2.24) is 25.0 Å². The first-order valence-corrected chi connectivity index (χ1v) is 15.1. The quantitative estimate of drug-likeness (QED) is 0.320. The van der Waals surface area contributed by atoms with Gasteiger partial charge in [-0.1, -0.05) is 43.5 Å². The average molecular weight is 586 g/mol. The SMILES string of the molecule is O=C(N[C@H](Cc1ccc(F)cc1)C(=O)N1CCC(Cn2cncn2)(C2CCCCC2)CC1)c1cc(=O)c2ccccc2o1. The third-order valence-electron chi connectivity index (χ3n) is 9.30. The molecule has 3 heterocycles. The molecule has 2 aliphatic rings. The van der Waals surface area contributed by atoms with Crippen molar-refractivity contribution in [3.63, 3.8) is 0 Å². The van der Waals surface area contributed by atoms with Crippen molar-refractivity contribution < 1.29 is 18.4 Å². The molecule has 2 fully saturated rings. The number of fused-ring (bicyclic) bond motifs is 1. The lowest BCUT2D eigenvalue weighted by Crippen LogP contribution is -2.54. The first kappa shape index (κ1) is 28.8. The van der Waals surface area contributed by atoms with E-state index in [1.807, 2.05) is 9.58 Å². The zero-order valence-electron chi connectivity index (χ0n) is 24.1. The van der Waals surface area contributed by atoms with Crippen LogP contribution in [0.2, 0.25) is 0 Å². The Hall–Kier alpha value is -4.34. The Bertz CT molecular complexity index is 1620. The van der Waals surface area contributed by atoms with Crippen molar-refractivity contribution in [2.45, 2.75) is 64.0 Å². The van der Waals surface area contributed by atoms with Crippen molar-refractivity contribution in [2.75, 3.05) is 13.1 Å². The summed E-state index contributed by atoms with van der Waals surface area (Å²) in [5, 5.41) is 7.59. The highest BCUT2D eigenvalue weighted by Gasteiger charge is 2.44. The maximum Gasteiger partial charge on any atom is 0.287 e. The summed E-state index contributed by atoms with van der Waals surface area (Å²) in [6.45, 7) is 1.90. The predicted molar refractivity (Wildman–Crippen MR) is 159 cm³/mol. The molecule has 10 heteroatoms. The topological polar surface area (TPSA) is 110 Å². The van der Waals surface area contributed by atoms with Gasteiger partial charge >= 0.3 is 0 Å². The van der Waals surface area contributed by atoms with Gasteiger partial charge in [-0.3, -0.25) is 19.1 Å². The van der Waals surface area contributed by atoms with Gasteiger partial charge in [0, 0.05) is 32.1 Å². The molecule has 2 amide bonds. The normalized spacial score (nSPS) is 17.9. The summed E-state index contributed by atoms with van der Waals surface area (Å²) in [5.74, 6) is -0.838. The first-order chi connectivity index (χ1) is 20.9. The van der Waals surface area contributed by atoms with E-state index in [4.69, 9.17) is 4.42 Å². The predicted octanol–water partition coefficient (Wildman–Crippen LogP) is 4.75. The number of carbonyl (C=O) groups excluding carboxylic acids is 2. The third-order valence-corrected chi connectivity index (χ3v) is 9.30. The molecule has 1 saturated heterocycles. The van der Waals surface area contributed by atoms with Gasteiger partial charge < -0.3 is 14.6 Å². The van der Waals surface area contributed by atoms with E-state index in [-0.39, 0.29) is 34.7 Å². The van der Waals surface area contributed by atoms with Crippen LogP contribution in [-0.2, 0) is 17.8 Å². The van der Waals surface area contributed by atoms with Gasteiger partial charge in [0.1, 0.15) is 30.1 Å². The highest BCUT2D eigenvalue weighted by molar-refractivity contribution is 5.96. The summed E-state index contributed by atoms with van der Waals surface area (Å²) in [7, 11) is 0. The maximum absolute atomic E-state index is 14.0. The van der Waals surface area contributed by atoms with E-state index in [1.54, 1.807) is 49.1 Å². The second-order valence-electron chi connectivity index (χ2n) is 11.9. The number of para-hydroxylation sites is 1. The molecule has 6 rings (SSSR count). The molecule has 2 aromatic heterocycles. The number of aromatic nitrogens is 3. The summed E-state index contributed by atoms with van der Waals surface area (Å²) in [5.41, 5.74) is 0.689. The van der Waals surface area contributed by atoms with Crippen LogP contribution < -0.4 is 10.7 Å². The lowest BCUT2D eigenvalue weighted by atomic mass is 9.63. The fourth-order valence-corrected chi connectivity index (χ4v) is 6.94. The molecule has 43 heavy (non-hydrogen) atoms. The number of benzene rings is 2. The molecule has 1 atom stereocenters. The van der Waals surface area contributed by atoms with Crippen LogP contribution >= 0.6 is 0 Å². The van der Waals surface area contributed by atoms with E-state index in [0.29, 0.717) is 35.5 Å². The number of nitrogens with one attached hydrogen (secondary N) is 1. The van der Waals surface area contributed by atoms with Crippen molar-refractivity contribution in [3.8, 4) is 0 Å². The number of amides is 2. The van der Waals surface area contributed by atoms with Crippen LogP contribution in [0.15, 0.2) is 76.5 Å². The fraction of sp³-hybridized carbons (Fsp3) is 0.424. The van der Waals surface area contributed by atoms with Gasteiger partial charge in [-0.2, -0.15) is 5.10 Å². The molecular weight excluding hydrogens is 549 g/mol. The maximum atomic E-state index is 14.0. The lowest BCUT2D eigenvalue weighted by Gasteiger charge is -2.48. The third kappa shape index (κ3) is 6.38. The second-order valence-corrected chi connectivity index (χ2v) is 11.9. The van der Waals surface area contributed by atoms with Crippen molar-refractivity contribution in [2.24, 2.45) is 11.3 Å². The van der Waals surface area contributed by atoms with Crippen LogP contribution in [0.4, 0.5) is 4.39 Å². The number of hydrogen-bond acceptors (Lipinski definition) is 6. The molecular formula is C33H36FN5O4. The van der Waals surface area contributed by atoms with Crippen molar-refractivity contribution >= 4 is 22.8 Å². The molecule has 4 aromatic rings. The van der Waals surface area contributed by atoms with Gasteiger partial charge in [0.05, 0.1) is 5.39 Å². The number of rotatable bonds is 8. The van der Waals surface area contributed by atoms with Crippen LogP contribution in [0.25, 0.3) is 11.0 Å². The Kier molecular flexibility index (Phi) is 8.35. The monoisotopic (exact) mass is 585 g/mol. The zero-order chi connectivity index (χ0) is 29.8. The van der Waals surface area contributed by atoms with Crippen LogP contribution in [0.5, 0.6) is 0 Å². The summed E-state index contributed by atoms with van der Waals surface area (Å²) >= 11 is 0. The number of carbonyl (C=O) groups is 2. The minimum absolute atomic E-state index is 0.0229. The molecule has 9 nitrogen and oxygen atoms in total. The zero-order valence-corrected chi connectivity index (χ0v) is 24.1. The first-order valence-electron chi connectivity index (χ1n) is 15.1. The van der Waals surface area contributed by atoms with Gasteiger partial charge in [-0.05, 0) is 66.8 Å². The molecule has 1 aliphatic heterocycles. The van der Waals surface area contributed by atoms with E-state index in [0.717, 1.165) is 25.5 Å². The van der Waals surface area contributed by atoms with E-state index < -0.39 is 11.9 Å². The number of nitrogens with zero attached hydrogens (tertiary/aromatic N) is 4. The van der Waals surface area contributed by atoms with Crippen molar-refractivity contribution in [3.05, 3.63) is 94.6 Å². The average Bonchev–Trinajstić information content (AvgIpc) is 3.55. The van der Waals surface area contributed by atoms with Gasteiger partial charge in [-0.15, -0.1) is 0 Å². The Morgan fingerprint density at radius 1 is 1.05 bits per heavy atom. The van der Waals surface area contributed by atoms with Crippen LogP contribution in [0, 0.1) is 17.2 Å². The lowest BCUT2D eigenvalue weighted by molar-refractivity contribution is -0.136. The number of hydrogen-bond donors (Lipinski definition) is 1. The minimum Gasteiger partial charge on any atom is -0.451 e. The summed E-state index contributed by atoms with van der Waals surface area (Å²) in [6.07, 6.45) is 11.3. The summed E-state index contributed by atoms with van der Waals surface area (Å²) < 4.78 is 21.3. The standard InChI is InChI=1S/C33H36FN5O4/c34-25-12-10-23(11-13-25)18-27(37-31(41)30-19-28(40)26-8-4-5-9-29(26)43-30)32(42)38-16-14-33(15-17-38,20-39-22-35-21-36-39)24-6-2-1-3-7-24/h4-5,8-13,19,21-22,24,27H,1-3,6-7,14-18,20H2,(H,37,41)/t27-/m1/s1. The molecule has 1 aliphatic carbocycles. The molecule has 2 aromatic carbocycles. The van der Waals surface area contributed by atoms with E-state index in [9.17, 15) is 18.8 Å². The van der Waals surface area contributed by atoms with Crippen LogP contribution in [0.1, 0.15) is 61.1 Å². The summed E-state index contributed by atoms with van der Waals surface area (Å²) in [4.78, 5) is 46.0. The number of piperidine rings is 1. The summed E-state index contributed by atoms with van der Waals surface area (Å²) in [6, 6.07) is 12.8. The van der Waals surface area contributed by atoms with Gasteiger partial charge in [-0.25, -0.2) is 9.37 Å². The molecule has 1 saturated carbocycles. The molecule has 1 N–H and O–H groups in total.